The van der Waals surface area contributed by atoms with E-state index in [0.29, 0.717) is 18.0 Å². The summed E-state index contributed by atoms with van der Waals surface area (Å²) in [6, 6.07) is 7.39. The molecule has 0 aliphatic carbocycles. The molecule has 1 aromatic carbocycles. The Morgan fingerprint density at radius 1 is 1.30 bits per heavy atom. The smallest absolute Gasteiger partial charge is 0.329 e. The van der Waals surface area contributed by atoms with E-state index in [2.05, 4.69) is 20.5 Å². The van der Waals surface area contributed by atoms with Crippen LogP contribution in [0.3, 0.4) is 0 Å². The molecule has 2 aromatic heterocycles. The number of allylic oxidation sites excluding steroid dienone is 2. The normalized spacial score (nSPS) is 11.7. The predicted molar refractivity (Wildman–Crippen MR) is 105 cm³/mol. The molecule has 0 amide bonds. The molecule has 0 atom stereocenters. The number of ether oxygens (including phenoxy) is 1. The van der Waals surface area contributed by atoms with Gasteiger partial charge in [-0.15, -0.1) is 0 Å². The van der Waals surface area contributed by atoms with Crippen LogP contribution in [0.2, 0.25) is 0 Å². The molecule has 0 saturated heterocycles. The molecule has 0 saturated carbocycles. The van der Waals surface area contributed by atoms with Crippen molar-refractivity contribution in [3.8, 4) is 5.75 Å². The summed E-state index contributed by atoms with van der Waals surface area (Å²) < 4.78 is 8.08. The van der Waals surface area contributed by atoms with Gasteiger partial charge in [-0.2, -0.15) is 10.1 Å². The number of hydrogen-bond acceptors (Lipinski definition) is 6. The zero-order valence-electron chi connectivity index (χ0n) is 15.3. The number of anilines is 1. The van der Waals surface area contributed by atoms with Crippen molar-refractivity contribution in [2.24, 2.45) is 12.1 Å². The first-order valence-corrected chi connectivity index (χ1v) is 8.29. The number of nitrogens with zero attached hydrogens (tertiary/aromatic N) is 4. The summed E-state index contributed by atoms with van der Waals surface area (Å²) in [7, 11) is 3.16. The van der Waals surface area contributed by atoms with E-state index in [1.165, 1.54) is 4.57 Å². The van der Waals surface area contributed by atoms with Crippen LogP contribution in [0.4, 0.5) is 5.95 Å². The maximum absolute atomic E-state index is 12.3. The van der Waals surface area contributed by atoms with Gasteiger partial charge in [-0.1, -0.05) is 12.2 Å². The number of H-pyrrole nitrogens is 1. The first-order valence-electron chi connectivity index (χ1n) is 8.29. The van der Waals surface area contributed by atoms with Gasteiger partial charge in [-0.3, -0.25) is 18.9 Å². The van der Waals surface area contributed by atoms with Crippen molar-refractivity contribution in [2.45, 2.75) is 13.5 Å². The van der Waals surface area contributed by atoms with Gasteiger partial charge in [0.25, 0.3) is 5.56 Å². The summed E-state index contributed by atoms with van der Waals surface area (Å²) in [6.07, 6.45) is 5.37. The van der Waals surface area contributed by atoms with Crippen LogP contribution in [0.25, 0.3) is 11.2 Å². The Kier molecular flexibility index (Phi) is 5.20. The van der Waals surface area contributed by atoms with Gasteiger partial charge in [0.2, 0.25) is 5.95 Å². The number of hydrazone groups is 1. The standard InChI is InChI=1S/C18H20N6O3/c1-4-5-10-24-14-15(23(2)18(26)21-16(14)25)20-17(24)22-19-11-12-6-8-13(27-3)9-7-12/h4-9,11H,10H2,1-3H3,(H,20,22)(H,21,25,26)/b5-4+,19-11+. The fraction of sp³-hybridized carbons (Fsp3) is 0.222. The van der Waals surface area contributed by atoms with Gasteiger partial charge in [0, 0.05) is 13.6 Å². The van der Waals surface area contributed by atoms with Crippen molar-refractivity contribution in [2.75, 3.05) is 12.5 Å². The molecular formula is C18H20N6O3. The molecule has 0 unspecified atom stereocenters. The Labute approximate surface area is 154 Å². The van der Waals surface area contributed by atoms with Gasteiger partial charge in [0.15, 0.2) is 11.2 Å². The fourth-order valence-corrected chi connectivity index (χ4v) is 2.56. The lowest BCUT2D eigenvalue weighted by atomic mass is 10.2. The number of rotatable bonds is 6. The summed E-state index contributed by atoms with van der Waals surface area (Å²) in [4.78, 5) is 30.8. The molecule has 9 nitrogen and oxygen atoms in total. The van der Waals surface area contributed by atoms with E-state index in [-0.39, 0.29) is 5.65 Å². The van der Waals surface area contributed by atoms with Crippen LogP contribution in [-0.4, -0.2) is 32.4 Å². The van der Waals surface area contributed by atoms with Crippen LogP contribution < -0.4 is 21.4 Å². The molecule has 3 aromatic rings. The first kappa shape index (κ1) is 18.2. The minimum absolute atomic E-state index is 0.287. The van der Waals surface area contributed by atoms with E-state index in [0.717, 1.165) is 11.3 Å². The highest BCUT2D eigenvalue weighted by molar-refractivity contribution is 5.80. The number of aryl methyl sites for hydroxylation is 1. The number of benzene rings is 1. The Morgan fingerprint density at radius 3 is 2.70 bits per heavy atom. The fourth-order valence-electron chi connectivity index (χ4n) is 2.56. The van der Waals surface area contributed by atoms with E-state index in [1.807, 2.05) is 43.3 Å². The second kappa shape index (κ2) is 7.73. The Hall–Kier alpha value is -3.62. The lowest BCUT2D eigenvalue weighted by molar-refractivity contribution is 0.415. The number of aromatic nitrogens is 4. The molecule has 140 valence electrons. The van der Waals surface area contributed by atoms with Crippen molar-refractivity contribution < 1.29 is 4.74 Å². The van der Waals surface area contributed by atoms with Crippen LogP contribution in [0.1, 0.15) is 12.5 Å². The third-order valence-electron chi connectivity index (χ3n) is 4.02. The molecule has 0 fully saturated rings. The second-order valence-electron chi connectivity index (χ2n) is 5.75. The van der Waals surface area contributed by atoms with E-state index < -0.39 is 11.2 Å². The number of hydrogen-bond donors (Lipinski definition) is 2. The number of aromatic amines is 1. The summed E-state index contributed by atoms with van der Waals surface area (Å²) in [5.74, 6) is 1.12. The lowest BCUT2D eigenvalue weighted by Crippen LogP contribution is -2.29. The largest absolute Gasteiger partial charge is 0.497 e. The van der Waals surface area contributed by atoms with Crippen molar-refractivity contribution in [3.05, 3.63) is 62.8 Å². The van der Waals surface area contributed by atoms with Crippen LogP contribution in [0, 0.1) is 0 Å². The molecule has 9 heteroatoms. The van der Waals surface area contributed by atoms with E-state index >= 15 is 0 Å². The maximum Gasteiger partial charge on any atom is 0.329 e. The van der Waals surface area contributed by atoms with Crippen molar-refractivity contribution >= 4 is 23.3 Å². The third-order valence-corrected chi connectivity index (χ3v) is 4.02. The zero-order chi connectivity index (χ0) is 19.4. The Morgan fingerprint density at radius 2 is 2.04 bits per heavy atom. The van der Waals surface area contributed by atoms with Crippen molar-refractivity contribution in [3.63, 3.8) is 0 Å². The lowest BCUT2D eigenvalue weighted by Gasteiger charge is -2.05. The number of fused-ring (bicyclic) bond motifs is 1. The summed E-state index contributed by atoms with van der Waals surface area (Å²) in [5.41, 5.74) is 3.30. The molecular weight excluding hydrogens is 348 g/mol. The van der Waals surface area contributed by atoms with E-state index in [9.17, 15) is 9.59 Å². The molecule has 0 bridgehead atoms. The molecule has 27 heavy (non-hydrogen) atoms. The minimum atomic E-state index is -0.517. The minimum Gasteiger partial charge on any atom is -0.497 e. The SMILES string of the molecule is C/C=C/Cn1c(N/N=C/c2ccc(OC)cc2)nc2c1c(=O)[nH]c(=O)n2C. The highest BCUT2D eigenvalue weighted by Gasteiger charge is 2.16. The first-order chi connectivity index (χ1) is 13.0. The van der Waals surface area contributed by atoms with E-state index in [1.54, 1.807) is 24.9 Å². The van der Waals surface area contributed by atoms with Gasteiger partial charge in [0.1, 0.15) is 5.75 Å². The third kappa shape index (κ3) is 3.66. The predicted octanol–water partition coefficient (Wildman–Crippen LogP) is 1.45. The monoisotopic (exact) mass is 368 g/mol. The summed E-state index contributed by atoms with van der Waals surface area (Å²) in [6.45, 7) is 2.29. The molecule has 2 heterocycles. The molecule has 0 aliphatic heterocycles. The van der Waals surface area contributed by atoms with Gasteiger partial charge >= 0.3 is 5.69 Å². The molecule has 3 rings (SSSR count). The average Bonchev–Trinajstić information content (AvgIpc) is 3.04. The van der Waals surface area contributed by atoms with Gasteiger partial charge in [0.05, 0.1) is 13.3 Å². The van der Waals surface area contributed by atoms with E-state index in [4.69, 9.17) is 4.74 Å². The number of imidazole rings is 1. The van der Waals surface area contributed by atoms with Crippen molar-refractivity contribution in [1.82, 2.24) is 19.1 Å². The van der Waals surface area contributed by atoms with Crippen LogP contribution in [-0.2, 0) is 13.6 Å². The average molecular weight is 368 g/mol. The van der Waals surface area contributed by atoms with Gasteiger partial charge in [-0.25, -0.2) is 10.2 Å². The number of methoxy groups -OCH3 is 1. The maximum atomic E-state index is 12.3. The quantitative estimate of drug-likeness (QED) is 0.389. The summed E-state index contributed by atoms with van der Waals surface area (Å²) >= 11 is 0. The Bertz CT molecular complexity index is 1120. The molecule has 0 spiro atoms. The van der Waals surface area contributed by atoms with Crippen LogP contribution >= 0.6 is 0 Å². The number of nitrogens with one attached hydrogen (secondary N) is 2. The highest BCUT2D eigenvalue weighted by atomic mass is 16.5. The van der Waals surface area contributed by atoms with Gasteiger partial charge < -0.3 is 4.74 Å². The van der Waals surface area contributed by atoms with Crippen LogP contribution in [0.15, 0.2) is 51.1 Å². The zero-order valence-corrected chi connectivity index (χ0v) is 15.3. The van der Waals surface area contributed by atoms with Crippen molar-refractivity contribution in [1.29, 1.82) is 0 Å². The molecule has 2 N–H and O–H groups in total. The molecule has 0 aliphatic rings. The second-order valence-corrected chi connectivity index (χ2v) is 5.75. The Balaban J connectivity index is 1.98. The topological polar surface area (TPSA) is 106 Å². The summed E-state index contributed by atoms with van der Waals surface area (Å²) in [5, 5.41) is 4.19. The van der Waals surface area contributed by atoms with Crippen LogP contribution in [0.5, 0.6) is 5.75 Å². The molecule has 0 radical (unpaired) electrons. The highest BCUT2D eigenvalue weighted by Crippen LogP contribution is 2.15. The van der Waals surface area contributed by atoms with Gasteiger partial charge in [-0.05, 0) is 36.8 Å².